The first-order valence-electron chi connectivity index (χ1n) is 7.92. The van der Waals surface area contributed by atoms with Crippen molar-refractivity contribution in [2.24, 2.45) is 0 Å². The lowest BCUT2D eigenvalue weighted by Crippen LogP contribution is -1.92. The van der Waals surface area contributed by atoms with Gasteiger partial charge in [0.15, 0.2) is 0 Å². The molecule has 2 aromatic heterocycles. The fraction of sp³-hybridized carbons (Fsp3) is 0.100. The van der Waals surface area contributed by atoms with E-state index in [4.69, 9.17) is 14.9 Å². The van der Waals surface area contributed by atoms with Gasteiger partial charge in [-0.25, -0.2) is 9.97 Å². The van der Waals surface area contributed by atoms with E-state index < -0.39 is 0 Å². The average molecular weight is 331 g/mol. The van der Waals surface area contributed by atoms with Crippen LogP contribution in [-0.2, 0) is 0 Å². The Kier molecular flexibility index (Phi) is 3.61. The zero-order valence-corrected chi connectivity index (χ0v) is 14.0. The maximum atomic E-state index is 6.14. The van der Waals surface area contributed by atoms with Crippen molar-refractivity contribution >= 4 is 16.9 Å². The van der Waals surface area contributed by atoms with E-state index in [1.54, 1.807) is 7.11 Å². The monoisotopic (exact) mass is 331 g/mol. The summed E-state index contributed by atoms with van der Waals surface area (Å²) in [6, 6.07) is 15.9. The minimum atomic E-state index is 0.402. The summed E-state index contributed by atoms with van der Waals surface area (Å²) in [6.45, 7) is 2.05. The molecular formula is C20H17N3O2. The maximum absolute atomic E-state index is 6.14. The van der Waals surface area contributed by atoms with Crippen LogP contribution in [0.4, 0.5) is 5.82 Å². The maximum Gasteiger partial charge on any atom is 0.232 e. The molecule has 25 heavy (non-hydrogen) atoms. The van der Waals surface area contributed by atoms with E-state index >= 15 is 0 Å². The second-order valence-electron chi connectivity index (χ2n) is 5.79. The summed E-state index contributed by atoms with van der Waals surface area (Å²) in [7, 11) is 1.65. The summed E-state index contributed by atoms with van der Waals surface area (Å²) in [5.74, 6) is 1.93. The number of methoxy groups -OCH3 is 1. The Morgan fingerprint density at radius 3 is 2.48 bits per heavy atom. The quantitative estimate of drug-likeness (QED) is 0.600. The van der Waals surface area contributed by atoms with Crippen LogP contribution in [0.2, 0.25) is 0 Å². The third-order valence-corrected chi connectivity index (χ3v) is 4.29. The highest BCUT2D eigenvalue weighted by Crippen LogP contribution is 2.42. The molecule has 0 aliphatic heterocycles. The van der Waals surface area contributed by atoms with Crippen molar-refractivity contribution < 1.29 is 9.15 Å². The van der Waals surface area contributed by atoms with Crippen molar-refractivity contribution in [3.8, 4) is 28.2 Å². The van der Waals surface area contributed by atoms with Crippen LogP contribution >= 0.6 is 0 Å². The van der Waals surface area contributed by atoms with Crippen LogP contribution in [0, 0.1) is 6.92 Å². The van der Waals surface area contributed by atoms with Gasteiger partial charge in [0, 0.05) is 11.1 Å². The summed E-state index contributed by atoms with van der Waals surface area (Å²) in [5, 5.41) is 0.728. The molecule has 0 aliphatic rings. The van der Waals surface area contributed by atoms with Gasteiger partial charge in [0.25, 0.3) is 0 Å². The zero-order valence-electron chi connectivity index (χ0n) is 14.0. The molecule has 0 aliphatic carbocycles. The fourth-order valence-corrected chi connectivity index (χ4v) is 3.01. The number of fused-ring (bicyclic) bond motifs is 1. The van der Waals surface area contributed by atoms with Crippen LogP contribution in [0.1, 0.15) is 5.56 Å². The summed E-state index contributed by atoms with van der Waals surface area (Å²) in [5.41, 5.74) is 10.6. The summed E-state index contributed by atoms with van der Waals surface area (Å²) < 4.78 is 11.4. The van der Waals surface area contributed by atoms with Crippen molar-refractivity contribution in [3.63, 3.8) is 0 Å². The summed E-state index contributed by atoms with van der Waals surface area (Å²) in [6.07, 6.45) is 1.42. The molecule has 0 unspecified atom stereocenters. The molecule has 0 spiro atoms. The first kappa shape index (κ1) is 15.2. The third kappa shape index (κ3) is 2.50. The van der Waals surface area contributed by atoms with Crippen LogP contribution in [0.25, 0.3) is 33.6 Å². The molecule has 5 nitrogen and oxygen atoms in total. The van der Waals surface area contributed by atoms with Crippen molar-refractivity contribution in [1.29, 1.82) is 0 Å². The summed E-state index contributed by atoms with van der Waals surface area (Å²) >= 11 is 0. The second kappa shape index (κ2) is 5.94. The molecule has 0 bridgehead atoms. The van der Waals surface area contributed by atoms with Crippen LogP contribution in [0.5, 0.6) is 5.75 Å². The molecule has 2 aromatic carbocycles. The molecule has 0 atom stereocenters. The fourth-order valence-electron chi connectivity index (χ4n) is 3.01. The second-order valence-corrected chi connectivity index (χ2v) is 5.79. The predicted octanol–water partition coefficient (Wildman–Crippen LogP) is 4.46. The Labute approximate surface area is 145 Å². The van der Waals surface area contributed by atoms with Crippen molar-refractivity contribution in [2.75, 3.05) is 12.8 Å². The number of hydrogen-bond donors (Lipinski definition) is 1. The van der Waals surface area contributed by atoms with E-state index in [0.29, 0.717) is 11.5 Å². The Morgan fingerprint density at radius 2 is 1.76 bits per heavy atom. The molecule has 0 fully saturated rings. The number of nitrogen functional groups attached to an aromatic ring is 1. The van der Waals surface area contributed by atoms with Gasteiger partial charge in [-0.2, -0.15) is 0 Å². The van der Waals surface area contributed by atoms with Gasteiger partial charge in [0.1, 0.15) is 23.7 Å². The van der Waals surface area contributed by atoms with Crippen LogP contribution < -0.4 is 10.5 Å². The van der Waals surface area contributed by atoms with Crippen LogP contribution in [-0.4, -0.2) is 17.1 Å². The number of nitrogens with zero attached hydrogens (tertiary/aromatic N) is 2. The average Bonchev–Trinajstić information content (AvgIpc) is 3.03. The van der Waals surface area contributed by atoms with Gasteiger partial charge in [-0.05, 0) is 30.2 Å². The molecule has 0 radical (unpaired) electrons. The Bertz CT molecular complexity index is 1050. The van der Waals surface area contributed by atoms with Gasteiger partial charge in [0.2, 0.25) is 5.71 Å². The minimum absolute atomic E-state index is 0.402. The molecule has 0 amide bonds. The number of nitrogens with two attached hydrogens (primary N) is 1. The molecule has 4 rings (SSSR count). The van der Waals surface area contributed by atoms with Crippen molar-refractivity contribution in [2.45, 2.75) is 6.92 Å². The lowest BCUT2D eigenvalue weighted by molar-refractivity contribution is 0.415. The minimum Gasteiger partial charge on any atom is -0.497 e. The molecule has 4 aromatic rings. The lowest BCUT2D eigenvalue weighted by Gasteiger charge is -2.08. The highest BCUT2D eigenvalue weighted by molar-refractivity contribution is 6.05. The van der Waals surface area contributed by atoms with Gasteiger partial charge < -0.3 is 14.9 Å². The first-order valence-corrected chi connectivity index (χ1v) is 7.92. The highest BCUT2D eigenvalue weighted by atomic mass is 16.5. The van der Waals surface area contributed by atoms with E-state index in [9.17, 15) is 0 Å². The van der Waals surface area contributed by atoms with Gasteiger partial charge in [0.05, 0.1) is 12.5 Å². The van der Waals surface area contributed by atoms with Crippen molar-refractivity contribution in [1.82, 2.24) is 9.97 Å². The molecule has 5 heteroatoms. The number of benzene rings is 2. The number of anilines is 1. The predicted molar refractivity (Wildman–Crippen MR) is 98.4 cm³/mol. The molecule has 2 N–H and O–H groups in total. The molecule has 0 saturated heterocycles. The number of aryl methyl sites for hydroxylation is 1. The van der Waals surface area contributed by atoms with Crippen LogP contribution in [0.15, 0.2) is 59.3 Å². The smallest absolute Gasteiger partial charge is 0.232 e. The van der Waals surface area contributed by atoms with Gasteiger partial charge in [-0.3, -0.25) is 0 Å². The lowest BCUT2D eigenvalue weighted by atomic mass is 9.97. The number of furan rings is 1. The third-order valence-electron chi connectivity index (χ3n) is 4.29. The van der Waals surface area contributed by atoms with Gasteiger partial charge >= 0.3 is 0 Å². The first-order chi connectivity index (χ1) is 12.2. The van der Waals surface area contributed by atoms with Gasteiger partial charge in [-0.15, -0.1) is 0 Å². The zero-order chi connectivity index (χ0) is 17.4. The van der Waals surface area contributed by atoms with Crippen LogP contribution in [0.3, 0.4) is 0 Å². The Morgan fingerprint density at radius 1 is 1.00 bits per heavy atom. The number of hydrogen-bond acceptors (Lipinski definition) is 5. The number of rotatable bonds is 3. The number of ether oxygens (including phenoxy) is 1. The van der Waals surface area contributed by atoms with E-state index in [-0.39, 0.29) is 0 Å². The highest BCUT2D eigenvalue weighted by Gasteiger charge is 2.22. The normalized spacial score (nSPS) is 11.0. The SMILES string of the molecule is COc1ccc(-c2c(-c3ccccc3C)oc3ncnc(N)c23)cc1. The van der Waals surface area contributed by atoms with Gasteiger partial charge in [-0.1, -0.05) is 36.4 Å². The number of aromatic nitrogens is 2. The standard InChI is InChI=1S/C20H17N3O2/c1-12-5-3-4-6-15(12)18-16(13-7-9-14(24-2)10-8-13)17-19(21)22-11-23-20(17)25-18/h3-11H,1-2H3,(H2,21,22,23). The summed E-state index contributed by atoms with van der Waals surface area (Å²) in [4.78, 5) is 8.39. The molecule has 2 heterocycles. The Hall–Kier alpha value is -3.34. The van der Waals surface area contributed by atoms with E-state index in [1.807, 2.05) is 42.5 Å². The molecule has 0 saturated carbocycles. The largest absolute Gasteiger partial charge is 0.497 e. The molecular weight excluding hydrogens is 314 g/mol. The Balaban J connectivity index is 2.06. The van der Waals surface area contributed by atoms with E-state index in [2.05, 4.69) is 23.0 Å². The van der Waals surface area contributed by atoms with Crippen molar-refractivity contribution in [3.05, 3.63) is 60.4 Å². The molecule has 124 valence electrons. The van der Waals surface area contributed by atoms with E-state index in [1.165, 1.54) is 6.33 Å². The van der Waals surface area contributed by atoms with E-state index in [0.717, 1.165) is 39.1 Å². The topological polar surface area (TPSA) is 74.2 Å².